The molecular formula is C24H31N3O4S2. The van der Waals surface area contributed by atoms with Gasteiger partial charge in [-0.05, 0) is 70.9 Å². The number of carbonyl (C=O) groups is 3. The van der Waals surface area contributed by atoms with Crippen LogP contribution in [0.5, 0.6) is 0 Å². The summed E-state index contributed by atoms with van der Waals surface area (Å²) >= 11 is 2.82. The zero-order valence-electron chi connectivity index (χ0n) is 19.9. The second-order valence-electron chi connectivity index (χ2n) is 9.19. The van der Waals surface area contributed by atoms with Crippen LogP contribution >= 0.6 is 23.1 Å². The molecule has 0 saturated heterocycles. The van der Waals surface area contributed by atoms with Crippen molar-refractivity contribution in [3.63, 3.8) is 0 Å². The van der Waals surface area contributed by atoms with E-state index < -0.39 is 5.97 Å². The van der Waals surface area contributed by atoms with E-state index in [0.29, 0.717) is 22.7 Å². The van der Waals surface area contributed by atoms with Crippen molar-refractivity contribution in [2.45, 2.75) is 63.9 Å². The predicted molar refractivity (Wildman–Crippen MR) is 134 cm³/mol. The molecule has 33 heavy (non-hydrogen) atoms. The Balaban J connectivity index is 1.78. The number of amides is 2. The molecule has 0 radical (unpaired) electrons. The topological polar surface area (TPSA) is 96.5 Å². The molecule has 0 saturated carbocycles. The molecule has 0 unspecified atom stereocenters. The number of thioether (sulfide) groups is 1. The quantitative estimate of drug-likeness (QED) is 0.383. The van der Waals surface area contributed by atoms with Gasteiger partial charge in [0.15, 0.2) is 0 Å². The Labute approximate surface area is 203 Å². The van der Waals surface area contributed by atoms with E-state index in [1.54, 1.807) is 19.1 Å². The van der Waals surface area contributed by atoms with Crippen LogP contribution in [0.4, 0.5) is 10.7 Å². The molecule has 1 aromatic heterocycles. The van der Waals surface area contributed by atoms with Gasteiger partial charge in [-0.25, -0.2) is 4.79 Å². The number of rotatable bonds is 7. The minimum atomic E-state index is -0.403. The minimum absolute atomic E-state index is 0.132. The molecule has 1 aliphatic heterocycles. The average Bonchev–Trinajstić information content (AvgIpc) is 3.04. The molecule has 9 heteroatoms. The van der Waals surface area contributed by atoms with Gasteiger partial charge in [0.05, 0.1) is 17.9 Å². The maximum Gasteiger partial charge on any atom is 0.341 e. The molecule has 0 atom stereocenters. The molecule has 0 aliphatic carbocycles. The Morgan fingerprint density at radius 1 is 1.12 bits per heavy atom. The van der Waals surface area contributed by atoms with Crippen molar-refractivity contribution in [2.24, 2.45) is 0 Å². The maximum absolute atomic E-state index is 12.9. The van der Waals surface area contributed by atoms with Crippen molar-refractivity contribution in [2.75, 3.05) is 23.0 Å². The Hall–Kier alpha value is -2.36. The van der Waals surface area contributed by atoms with Gasteiger partial charge in [-0.1, -0.05) is 0 Å². The van der Waals surface area contributed by atoms with Crippen LogP contribution in [0, 0.1) is 0 Å². The number of thiophene rings is 1. The number of hydrogen-bond donors (Lipinski definition) is 3. The lowest BCUT2D eigenvalue weighted by Gasteiger charge is -2.42. The third kappa shape index (κ3) is 6.16. The predicted octanol–water partition coefficient (Wildman–Crippen LogP) is 4.77. The van der Waals surface area contributed by atoms with Crippen molar-refractivity contribution < 1.29 is 19.1 Å². The Morgan fingerprint density at radius 2 is 1.79 bits per heavy atom. The van der Waals surface area contributed by atoms with Crippen molar-refractivity contribution in [1.29, 1.82) is 0 Å². The summed E-state index contributed by atoms with van der Waals surface area (Å²) in [4.78, 5) is 38.7. The summed E-state index contributed by atoms with van der Waals surface area (Å²) in [6.07, 6.45) is 0.668. The number of benzene rings is 1. The number of hydrogen-bond acceptors (Lipinski definition) is 7. The minimum Gasteiger partial charge on any atom is -0.462 e. The van der Waals surface area contributed by atoms with E-state index in [0.717, 1.165) is 15.3 Å². The molecule has 3 rings (SSSR count). The first-order chi connectivity index (χ1) is 15.4. The first-order valence-electron chi connectivity index (χ1n) is 10.8. The molecule has 2 aromatic rings. The highest BCUT2D eigenvalue weighted by molar-refractivity contribution is 8.00. The third-order valence-corrected chi connectivity index (χ3v) is 7.60. The fourth-order valence-corrected chi connectivity index (χ4v) is 6.16. The molecule has 1 aromatic carbocycles. The van der Waals surface area contributed by atoms with Crippen molar-refractivity contribution in [1.82, 2.24) is 5.32 Å². The molecular weight excluding hydrogens is 458 g/mol. The van der Waals surface area contributed by atoms with E-state index in [9.17, 15) is 14.4 Å². The Kier molecular flexibility index (Phi) is 7.55. The van der Waals surface area contributed by atoms with Crippen molar-refractivity contribution >= 4 is 51.6 Å². The number of esters is 1. The van der Waals surface area contributed by atoms with Crippen LogP contribution in [0.2, 0.25) is 0 Å². The van der Waals surface area contributed by atoms with E-state index in [1.807, 2.05) is 12.1 Å². The molecule has 0 spiro atoms. The van der Waals surface area contributed by atoms with Crippen LogP contribution in [0.1, 0.15) is 62.3 Å². The number of anilines is 2. The van der Waals surface area contributed by atoms with Gasteiger partial charge < -0.3 is 20.7 Å². The molecule has 0 fully saturated rings. The van der Waals surface area contributed by atoms with E-state index in [4.69, 9.17) is 4.74 Å². The van der Waals surface area contributed by atoms with Crippen LogP contribution in [-0.4, -0.2) is 35.7 Å². The molecule has 7 nitrogen and oxygen atoms in total. The van der Waals surface area contributed by atoms with Crippen molar-refractivity contribution in [3.8, 4) is 0 Å². The van der Waals surface area contributed by atoms with Gasteiger partial charge in [0.2, 0.25) is 11.8 Å². The highest BCUT2D eigenvalue weighted by Crippen LogP contribution is 2.45. The summed E-state index contributed by atoms with van der Waals surface area (Å²) in [5, 5.41) is 9.84. The number of fused-ring (bicyclic) bond motifs is 1. The summed E-state index contributed by atoms with van der Waals surface area (Å²) in [5.41, 5.74) is 1.59. The lowest BCUT2D eigenvalue weighted by atomic mass is 9.81. The normalized spacial score (nSPS) is 15.9. The largest absolute Gasteiger partial charge is 0.462 e. The average molecular weight is 490 g/mol. The summed E-state index contributed by atoms with van der Waals surface area (Å²) in [6, 6.07) is 7.30. The second kappa shape index (κ2) is 9.87. The number of carbonyl (C=O) groups excluding carboxylic acids is 3. The monoisotopic (exact) mass is 489 g/mol. The van der Waals surface area contributed by atoms with E-state index in [-0.39, 0.29) is 35.3 Å². The first kappa shape index (κ1) is 25.3. The maximum atomic E-state index is 12.9. The van der Waals surface area contributed by atoms with Crippen LogP contribution < -0.4 is 16.0 Å². The number of nitrogens with one attached hydrogen (secondary N) is 3. The molecule has 178 valence electrons. The fourth-order valence-electron chi connectivity index (χ4n) is 4.18. The van der Waals surface area contributed by atoms with Crippen LogP contribution in [0.3, 0.4) is 0 Å². The van der Waals surface area contributed by atoms with E-state index in [2.05, 4.69) is 43.6 Å². The highest BCUT2D eigenvalue weighted by Gasteiger charge is 2.42. The smallest absolute Gasteiger partial charge is 0.341 e. The summed E-state index contributed by atoms with van der Waals surface area (Å²) in [5.74, 6) is -0.537. The van der Waals surface area contributed by atoms with Crippen LogP contribution in [-0.2, 0) is 26.3 Å². The fraction of sp³-hybridized carbons (Fsp3) is 0.458. The Morgan fingerprint density at radius 3 is 2.39 bits per heavy atom. The summed E-state index contributed by atoms with van der Waals surface area (Å²) < 4.78 is 5.34. The highest BCUT2D eigenvalue weighted by atomic mass is 32.2. The van der Waals surface area contributed by atoms with Gasteiger partial charge in [0.25, 0.3) is 0 Å². The standard InChI is InChI=1S/C24H31N3O4S2/c1-7-31-22(30)19-17-12-23(3,4)27-24(5,6)20(17)33-21(19)26-18(29)13-32-16-10-8-15(9-11-16)25-14(2)28/h8-11,27H,7,12-13H2,1-6H3,(H,25,28)(H,26,29). The summed E-state index contributed by atoms with van der Waals surface area (Å²) in [6.45, 7) is 11.9. The van der Waals surface area contributed by atoms with Gasteiger partial charge in [0.1, 0.15) is 5.00 Å². The van der Waals surface area contributed by atoms with Gasteiger partial charge >= 0.3 is 5.97 Å². The molecule has 0 bridgehead atoms. The number of ether oxygens (including phenoxy) is 1. The molecule has 1 aliphatic rings. The molecule has 2 heterocycles. The summed E-state index contributed by atoms with van der Waals surface area (Å²) in [7, 11) is 0. The molecule has 2 amide bonds. The first-order valence-corrected chi connectivity index (χ1v) is 12.6. The SMILES string of the molecule is CCOC(=O)c1c(NC(=O)CSc2ccc(NC(C)=O)cc2)sc2c1CC(C)(C)NC2(C)C. The van der Waals surface area contributed by atoms with Gasteiger partial charge in [-0.15, -0.1) is 23.1 Å². The van der Waals surface area contributed by atoms with Crippen LogP contribution in [0.25, 0.3) is 0 Å². The molecule has 3 N–H and O–H groups in total. The zero-order chi connectivity index (χ0) is 24.4. The van der Waals surface area contributed by atoms with E-state index >= 15 is 0 Å². The van der Waals surface area contributed by atoms with Gasteiger partial charge in [0, 0.05) is 33.5 Å². The second-order valence-corrected chi connectivity index (χ2v) is 11.3. The Bertz CT molecular complexity index is 1060. The van der Waals surface area contributed by atoms with Crippen LogP contribution in [0.15, 0.2) is 29.2 Å². The van der Waals surface area contributed by atoms with Crippen molar-refractivity contribution in [3.05, 3.63) is 40.3 Å². The third-order valence-electron chi connectivity index (χ3n) is 5.12. The van der Waals surface area contributed by atoms with E-state index in [1.165, 1.54) is 30.0 Å². The van der Waals surface area contributed by atoms with Gasteiger partial charge in [-0.2, -0.15) is 0 Å². The lowest BCUT2D eigenvalue weighted by molar-refractivity contribution is -0.114. The van der Waals surface area contributed by atoms with Gasteiger partial charge in [-0.3, -0.25) is 9.59 Å². The zero-order valence-corrected chi connectivity index (χ0v) is 21.5. The lowest BCUT2D eigenvalue weighted by Crippen LogP contribution is -2.55.